The molecule has 0 aliphatic heterocycles. The summed E-state index contributed by atoms with van der Waals surface area (Å²) in [5, 5.41) is 2.69. The minimum absolute atomic E-state index is 0.0160. The van der Waals surface area contributed by atoms with E-state index in [4.69, 9.17) is 20.2 Å². The van der Waals surface area contributed by atoms with Gasteiger partial charge in [0.05, 0.1) is 19.8 Å². The molecule has 0 fully saturated rings. The van der Waals surface area contributed by atoms with E-state index in [1.54, 1.807) is 0 Å². The van der Waals surface area contributed by atoms with Crippen molar-refractivity contribution in [1.29, 1.82) is 0 Å². The molecule has 8 heteroatoms. The highest BCUT2D eigenvalue weighted by atomic mass is 35.7. The van der Waals surface area contributed by atoms with E-state index >= 15 is 0 Å². The normalized spacial score (nSPS) is 11.3. The zero-order valence-corrected chi connectivity index (χ0v) is 13.8. The Morgan fingerprint density at radius 1 is 1.24 bits per heavy atom. The van der Waals surface area contributed by atoms with E-state index in [-0.39, 0.29) is 27.9 Å². The standard InChI is InChI=1S/C13H18ClNO5S/c1-8(2)7-15-13(16)9-5-12(21(14,17)18)11(20-4)6-10(9)19-3/h5-6,8H,7H2,1-4H3,(H,15,16). The number of carbonyl (C=O) groups excluding carboxylic acids is 1. The van der Waals surface area contributed by atoms with E-state index in [9.17, 15) is 13.2 Å². The zero-order valence-electron chi connectivity index (χ0n) is 12.3. The third-order valence-electron chi connectivity index (χ3n) is 2.66. The molecular formula is C13H18ClNO5S. The Balaban J connectivity index is 3.34. The first-order valence-corrected chi connectivity index (χ1v) is 8.50. The fourth-order valence-electron chi connectivity index (χ4n) is 1.63. The van der Waals surface area contributed by atoms with Crippen molar-refractivity contribution in [2.24, 2.45) is 5.92 Å². The lowest BCUT2D eigenvalue weighted by Gasteiger charge is -2.14. The van der Waals surface area contributed by atoms with Gasteiger partial charge in [-0.3, -0.25) is 4.79 Å². The molecule has 0 heterocycles. The van der Waals surface area contributed by atoms with Crippen LogP contribution in [0, 0.1) is 5.92 Å². The molecular weight excluding hydrogens is 318 g/mol. The summed E-state index contributed by atoms with van der Waals surface area (Å²) in [6.07, 6.45) is 0. The maximum absolute atomic E-state index is 12.1. The summed E-state index contributed by atoms with van der Waals surface area (Å²) in [6.45, 7) is 4.34. The maximum Gasteiger partial charge on any atom is 0.265 e. The highest BCUT2D eigenvalue weighted by Crippen LogP contribution is 2.33. The van der Waals surface area contributed by atoms with Gasteiger partial charge in [-0.25, -0.2) is 8.42 Å². The number of benzene rings is 1. The van der Waals surface area contributed by atoms with Gasteiger partial charge < -0.3 is 14.8 Å². The van der Waals surface area contributed by atoms with Crippen LogP contribution < -0.4 is 14.8 Å². The molecule has 0 bridgehead atoms. The fraction of sp³-hybridized carbons (Fsp3) is 0.462. The van der Waals surface area contributed by atoms with E-state index in [0.717, 1.165) is 6.07 Å². The Morgan fingerprint density at radius 3 is 2.24 bits per heavy atom. The van der Waals surface area contributed by atoms with Crippen molar-refractivity contribution in [3.8, 4) is 11.5 Å². The first-order valence-electron chi connectivity index (χ1n) is 6.19. The van der Waals surface area contributed by atoms with E-state index in [0.29, 0.717) is 6.54 Å². The van der Waals surface area contributed by atoms with Crippen LogP contribution in [0.15, 0.2) is 17.0 Å². The van der Waals surface area contributed by atoms with Crippen LogP contribution in [0.25, 0.3) is 0 Å². The van der Waals surface area contributed by atoms with Crippen LogP contribution in [0.3, 0.4) is 0 Å². The average Bonchev–Trinajstić information content (AvgIpc) is 2.42. The summed E-state index contributed by atoms with van der Waals surface area (Å²) < 4.78 is 33.2. The van der Waals surface area contributed by atoms with Gasteiger partial charge in [-0.2, -0.15) is 0 Å². The van der Waals surface area contributed by atoms with Crippen molar-refractivity contribution >= 4 is 25.6 Å². The number of hydrogen-bond donors (Lipinski definition) is 1. The van der Waals surface area contributed by atoms with Crippen LogP contribution >= 0.6 is 10.7 Å². The molecule has 1 rings (SSSR count). The molecule has 0 spiro atoms. The second-order valence-corrected chi connectivity index (χ2v) is 7.28. The van der Waals surface area contributed by atoms with Crippen LogP contribution in [-0.2, 0) is 9.05 Å². The second-order valence-electron chi connectivity index (χ2n) is 4.75. The highest BCUT2D eigenvalue weighted by Gasteiger charge is 2.23. The quantitative estimate of drug-likeness (QED) is 0.804. The Labute approximate surface area is 128 Å². The second kappa shape index (κ2) is 7.00. The first kappa shape index (κ1) is 17.6. The predicted molar refractivity (Wildman–Crippen MR) is 79.8 cm³/mol. The van der Waals surface area contributed by atoms with Gasteiger partial charge in [0.2, 0.25) is 0 Å². The van der Waals surface area contributed by atoms with Gasteiger partial charge in [0.15, 0.2) is 0 Å². The van der Waals surface area contributed by atoms with Crippen LogP contribution in [0.5, 0.6) is 11.5 Å². The summed E-state index contributed by atoms with van der Waals surface area (Å²) in [6, 6.07) is 2.47. The molecule has 0 radical (unpaired) electrons. The lowest BCUT2D eigenvalue weighted by molar-refractivity contribution is 0.0945. The van der Waals surface area contributed by atoms with Crippen molar-refractivity contribution in [2.75, 3.05) is 20.8 Å². The number of nitrogens with one attached hydrogen (secondary N) is 1. The minimum Gasteiger partial charge on any atom is -0.496 e. The molecule has 0 saturated heterocycles. The zero-order chi connectivity index (χ0) is 16.2. The van der Waals surface area contributed by atoms with Crippen LogP contribution in [0.4, 0.5) is 0 Å². The average molecular weight is 336 g/mol. The molecule has 1 amide bonds. The topological polar surface area (TPSA) is 81.7 Å². The largest absolute Gasteiger partial charge is 0.496 e. The molecule has 6 nitrogen and oxygen atoms in total. The van der Waals surface area contributed by atoms with Crippen molar-refractivity contribution in [1.82, 2.24) is 5.32 Å². The molecule has 1 aromatic carbocycles. The highest BCUT2D eigenvalue weighted by molar-refractivity contribution is 8.13. The van der Waals surface area contributed by atoms with E-state index in [2.05, 4.69) is 5.32 Å². The number of hydrogen-bond acceptors (Lipinski definition) is 5. The molecule has 118 valence electrons. The number of carbonyl (C=O) groups is 1. The summed E-state index contributed by atoms with van der Waals surface area (Å²) in [5.74, 6) is 0.0404. The maximum atomic E-state index is 12.1. The van der Waals surface area contributed by atoms with Crippen molar-refractivity contribution < 1.29 is 22.7 Å². The molecule has 0 saturated carbocycles. The fourth-order valence-corrected chi connectivity index (χ4v) is 2.63. The number of rotatable bonds is 6. The molecule has 0 atom stereocenters. The Hall–Kier alpha value is -1.47. The van der Waals surface area contributed by atoms with Crippen LogP contribution in [0.1, 0.15) is 24.2 Å². The Morgan fingerprint density at radius 2 is 1.81 bits per heavy atom. The summed E-state index contributed by atoms with van der Waals surface area (Å²) in [4.78, 5) is 11.9. The lowest BCUT2D eigenvalue weighted by Crippen LogP contribution is -2.27. The minimum atomic E-state index is -4.05. The third kappa shape index (κ3) is 4.50. The van der Waals surface area contributed by atoms with Gasteiger partial charge in [-0.1, -0.05) is 13.8 Å². The molecule has 0 aliphatic carbocycles. The van der Waals surface area contributed by atoms with E-state index in [1.807, 2.05) is 13.8 Å². The number of methoxy groups -OCH3 is 2. The third-order valence-corrected chi connectivity index (χ3v) is 4.01. The Kier molecular flexibility index (Phi) is 5.86. The van der Waals surface area contributed by atoms with Gasteiger partial charge in [-0.05, 0) is 12.0 Å². The number of ether oxygens (including phenoxy) is 2. The van der Waals surface area contributed by atoms with Crippen molar-refractivity contribution in [3.63, 3.8) is 0 Å². The summed E-state index contributed by atoms with van der Waals surface area (Å²) in [5.41, 5.74) is 0.0816. The van der Waals surface area contributed by atoms with E-state index < -0.39 is 15.0 Å². The monoisotopic (exact) mass is 335 g/mol. The van der Waals surface area contributed by atoms with Gasteiger partial charge in [0, 0.05) is 23.3 Å². The van der Waals surface area contributed by atoms with Crippen molar-refractivity contribution in [3.05, 3.63) is 17.7 Å². The molecule has 21 heavy (non-hydrogen) atoms. The molecule has 0 aliphatic rings. The predicted octanol–water partition coefficient (Wildman–Crippen LogP) is 2.02. The van der Waals surface area contributed by atoms with E-state index in [1.165, 1.54) is 20.3 Å². The van der Waals surface area contributed by atoms with Gasteiger partial charge in [-0.15, -0.1) is 0 Å². The van der Waals surface area contributed by atoms with Gasteiger partial charge in [0.1, 0.15) is 16.4 Å². The van der Waals surface area contributed by atoms with Gasteiger partial charge >= 0.3 is 0 Å². The van der Waals surface area contributed by atoms with Crippen LogP contribution in [-0.4, -0.2) is 35.1 Å². The van der Waals surface area contributed by atoms with Crippen molar-refractivity contribution in [2.45, 2.75) is 18.7 Å². The molecule has 1 N–H and O–H groups in total. The Bertz CT molecular complexity index is 628. The molecule has 0 aromatic heterocycles. The lowest BCUT2D eigenvalue weighted by atomic mass is 10.1. The van der Waals surface area contributed by atoms with Crippen LogP contribution in [0.2, 0.25) is 0 Å². The smallest absolute Gasteiger partial charge is 0.265 e. The number of halogens is 1. The molecule has 0 unspecified atom stereocenters. The molecule has 1 aromatic rings. The number of amides is 1. The first-order chi connectivity index (χ1) is 9.70. The summed E-state index contributed by atoms with van der Waals surface area (Å²) >= 11 is 0. The summed E-state index contributed by atoms with van der Waals surface area (Å²) in [7, 11) is 4.00. The van der Waals surface area contributed by atoms with Gasteiger partial charge in [0.25, 0.3) is 15.0 Å². The SMILES string of the molecule is COc1cc(OC)c(S(=O)(=O)Cl)cc1C(=O)NCC(C)C.